The normalized spacial score (nSPS) is 12.9. The Bertz CT molecular complexity index is 662. The molecule has 0 aliphatic rings. The Hall–Kier alpha value is -1.01. The molecule has 3 nitrogen and oxygen atoms in total. The minimum atomic E-state index is 0.116. The molecule has 1 atom stereocenters. The molecule has 0 amide bonds. The molecule has 6 heteroatoms. The first kappa shape index (κ1) is 13.0. The highest BCUT2D eigenvalue weighted by Crippen LogP contribution is 2.39. The summed E-state index contributed by atoms with van der Waals surface area (Å²) in [5, 5.41) is 0.756. The van der Waals surface area contributed by atoms with Crippen molar-refractivity contribution in [3.8, 4) is 0 Å². The molecule has 0 aliphatic carbocycles. The van der Waals surface area contributed by atoms with Gasteiger partial charge in [-0.25, -0.2) is 4.98 Å². The summed E-state index contributed by atoms with van der Waals surface area (Å²) in [5.74, 6) is 0. The molecule has 0 aliphatic heterocycles. The smallest absolute Gasteiger partial charge is 0.257 e. The number of thiophene rings is 1. The predicted molar refractivity (Wildman–Crippen MR) is 81.0 cm³/mol. The number of hydrogen-bond acceptors (Lipinski definition) is 5. The molecule has 0 bridgehead atoms. The van der Waals surface area contributed by atoms with Crippen LogP contribution in [0.15, 0.2) is 46.0 Å². The predicted octanol–water partition coefficient (Wildman–Crippen LogP) is 4.33. The van der Waals surface area contributed by atoms with E-state index in [1.54, 1.807) is 11.3 Å². The van der Waals surface area contributed by atoms with Gasteiger partial charge in [-0.3, -0.25) is 0 Å². The number of nitrogens with zero attached hydrogens (tertiary/aromatic N) is 1. The van der Waals surface area contributed by atoms with Crippen LogP contribution in [-0.4, -0.2) is 11.5 Å². The Morgan fingerprint density at radius 1 is 1.32 bits per heavy atom. The van der Waals surface area contributed by atoms with Gasteiger partial charge in [0.2, 0.25) is 0 Å². The average molecular weight is 311 g/mol. The second-order valence-corrected chi connectivity index (χ2v) is 6.83. The van der Waals surface area contributed by atoms with Gasteiger partial charge in [-0.05, 0) is 24.3 Å². The number of para-hydroxylation sites is 2. The lowest BCUT2D eigenvalue weighted by molar-refractivity contribution is 0.488. The molecule has 0 fully saturated rings. The van der Waals surface area contributed by atoms with Crippen LogP contribution in [0.2, 0.25) is 4.34 Å². The fourth-order valence-electron chi connectivity index (χ4n) is 1.75. The van der Waals surface area contributed by atoms with Gasteiger partial charge in [0.05, 0.1) is 9.59 Å². The van der Waals surface area contributed by atoms with Crippen molar-refractivity contribution in [2.75, 3.05) is 6.54 Å². The Labute approximate surface area is 123 Å². The van der Waals surface area contributed by atoms with E-state index in [0.29, 0.717) is 11.8 Å². The van der Waals surface area contributed by atoms with E-state index in [2.05, 4.69) is 4.98 Å². The van der Waals surface area contributed by atoms with Crippen molar-refractivity contribution >= 4 is 45.8 Å². The molecular formula is C13H11ClN2OS2. The van der Waals surface area contributed by atoms with E-state index >= 15 is 0 Å². The molecular weight excluding hydrogens is 300 g/mol. The summed E-state index contributed by atoms with van der Waals surface area (Å²) in [6, 6.07) is 11.6. The molecule has 2 aromatic heterocycles. The Morgan fingerprint density at radius 2 is 2.16 bits per heavy atom. The summed E-state index contributed by atoms with van der Waals surface area (Å²) >= 11 is 9.03. The second-order valence-electron chi connectivity index (χ2n) is 3.93. The van der Waals surface area contributed by atoms with E-state index < -0.39 is 0 Å². The molecule has 0 saturated carbocycles. The van der Waals surface area contributed by atoms with Gasteiger partial charge >= 0.3 is 0 Å². The topological polar surface area (TPSA) is 52.0 Å². The number of thioether (sulfide) groups is 1. The van der Waals surface area contributed by atoms with Gasteiger partial charge in [0, 0.05) is 11.4 Å². The molecule has 2 N–H and O–H groups in total. The van der Waals surface area contributed by atoms with E-state index in [4.69, 9.17) is 21.8 Å². The van der Waals surface area contributed by atoms with Gasteiger partial charge in [0.25, 0.3) is 5.22 Å². The first-order valence-corrected chi connectivity index (χ1v) is 7.81. The van der Waals surface area contributed by atoms with Crippen LogP contribution < -0.4 is 5.73 Å². The molecule has 2 heterocycles. The van der Waals surface area contributed by atoms with Crippen LogP contribution in [0.3, 0.4) is 0 Å². The maximum Gasteiger partial charge on any atom is 0.257 e. The van der Waals surface area contributed by atoms with Crippen molar-refractivity contribution < 1.29 is 4.42 Å². The van der Waals surface area contributed by atoms with E-state index in [9.17, 15) is 0 Å². The zero-order chi connectivity index (χ0) is 13.2. The zero-order valence-corrected chi connectivity index (χ0v) is 12.3. The largest absolute Gasteiger partial charge is 0.431 e. The number of hydrogen-bond donors (Lipinski definition) is 1. The summed E-state index contributed by atoms with van der Waals surface area (Å²) in [6.45, 7) is 0.514. The monoisotopic (exact) mass is 310 g/mol. The summed E-state index contributed by atoms with van der Waals surface area (Å²) < 4.78 is 6.47. The number of halogens is 1. The maximum absolute atomic E-state index is 5.96. The number of fused-ring (bicyclic) bond motifs is 1. The summed E-state index contributed by atoms with van der Waals surface area (Å²) in [6.07, 6.45) is 0. The quantitative estimate of drug-likeness (QED) is 0.728. The van der Waals surface area contributed by atoms with Crippen LogP contribution in [0.4, 0.5) is 0 Å². The molecule has 1 unspecified atom stereocenters. The van der Waals surface area contributed by atoms with Crippen LogP contribution in [0.5, 0.6) is 0 Å². The van der Waals surface area contributed by atoms with Crippen LogP contribution in [0.1, 0.15) is 10.1 Å². The van der Waals surface area contributed by atoms with Crippen LogP contribution in [-0.2, 0) is 0 Å². The minimum absolute atomic E-state index is 0.116. The Balaban J connectivity index is 1.86. The fraction of sp³-hybridized carbons (Fsp3) is 0.154. The third-order valence-electron chi connectivity index (χ3n) is 2.64. The van der Waals surface area contributed by atoms with Crippen LogP contribution in [0, 0.1) is 0 Å². The second kappa shape index (κ2) is 5.54. The highest BCUT2D eigenvalue weighted by atomic mass is 35.5. The lowest BCUT2D eigenvalue weighted by atomic mass is 10.3. The van der Waals surface area contributed by atoms with E-state index in [1.165, 1.54) is 11.8 Å². The number of oxazole rings is 1. The van der Waals surface area contributed by atoms with Gasteiger partial charge in [-0.15, -0.1) is 11.3 Å². The van der Waals surface area contributed by atoms with Crippen molar-refractivity contribution in [2.45, 2.75) is 10.5 Å². The molecule has 98 valence electrons. The van der Waals surface area contributed by atoms with Gasteiger partial charge in [-0.2, -0.15) is 0 Å². The summed E-state index contributed by atoms with van der Waals surface area (Å²) in [7, 11) is 0. The van der Waals surface area contributed by atoms with Crippen molar-refractivity contribution in [2.24, 2.45) is 5.73 Å². The fourth-order valence-corrected chi connectivity index (χ4v) is 3.91. The van der Waals surface area contributed by atoms with Crippen LogP contribution in [0.25, 0.3) is 11.1 Å². The first-order chi connectivity index (χ1) is 9.26. The number of nitrogens with two attached hydrogens (primary N) is 1. The standard InChI is InChI=1S/C13H11ClN2OS2/c14-12-6-5-10(18-12)11(7-15)19-13-16-8-3-1-2-4-9(8)17-13/h1-6,11H,7,15H2. The molecule has 1 aromatic carbocycles. The third kappa shape index (κ3) is 2.79. The molecule has 3 aromatic rings. The van der Waals surface area contributed by atoms with E-state index in [0.717, 1.165) is 20.3 Å². The number of benzene rings is 1. The van der Waals surface area contributed by atoms with Gasteiger partial charge < -0.3 is 10.2 Å². The van der Waals surface area contributed by atoms with E-state index in [-0.39, 0.29) is 5.25 Å². The Kier molecular flexibility index (Phi) is 3.79. The highest BCUT2D eigenvalue weighted by molar-refractivity contribution is 7.99. The molecule has 0 spiro atoms. The van der Waals surface area contributed by atoms with Crippen LogP contribution >= 0.6 is 34.7 Å². The van der Waals surface area contributed by atoms with Crippen molar-refractivity contribution in [1.82, 2.24) is 4.98 Å². The first-order valence-electron chi connectivity index (χ1n) is 5.74. The Morgan fingerprint density at radius 3 is 2.84 bits per heavy atom. The molecule has 19 heavy (non-hydrogen) atoms. The van der Waals surface area contributed by atoms with Gasteiger partial charge in [-0.1, -0.05) is 35.5 Å². The number of aromatic nitrogens is 1. The van der Waals surface area contributed by atoms with Crippen molar-refractivity contribution in [3.63, 3.8) is 0 Å². The zero-order valence-electron chi connectivity index (χ0n) is 9.88. The maximum atomic E-state index is 5.96. The summed E-state index contributed by atoms with van der Waals surface area (Å²) in [5.41, 5.74) is 7.49. The lowest BCUT2D eigenvalue weighted by Crippen LogP contribution is -2.07. The minimum Gasteiger partial charge on any atom is -0.431 e. The number of rotatable bonds is 4. The molecule has 0 radical (unpaired) electrons. The summed E-state index contributed by atoms with van der Waals surface area (Å²) in [4.78, 5) is 5.58. The van der Waals surface area contributed by atoms with Crippen molar-refractivity contribution in [3.05, 3.63) is 45.6 Å². The molecule has 0 saturated heterocycles. The average Bonchev–Trinajstić information content (AvgIpc) is 3.01. The highest BCUT2D eigenvalue weighted by Gasteiger charge is 2.17. The van der Waals surface area contributed by atoms with E-state index in [1.807, 2.05) is 36.4 Å². The molecule has 3 rings (SSSR count). The van der Waals surface area contributed by atoms with Gasteiger partial charge in [0.1, 0.15) is 5.52 Å². The van der Waals surface area contributed by atoms with Gasteiger partial charge in [0.15, 0.2) is 5.58 Å². The van der Waals surface area contributed by atoms with Crippen molar-refractivity contribution in [1.29, 1.82) is 0 Å². The SMILES string of the molecule is NCC(Sc1nc2ccccc2o1)c1ccc(Cl)s1. The third-order valence-corrected chi connectivity index (χ3v) is 5.24. The lowest BCUT2D eigenvalue weighted by Gasteiger charge is -2.08.